The van der Waals surface area contributed by atoms with Gasteiger partial charge in [-0.25, -0.2) is 9.67 Å². The lowest BCUT2D eigenvalue weighted by Gasteiger charge is -2.07. The molecule has 2 aromatic heterocycles. The summed E-state index contributed by atoms with van der Waals surface area (Å²) in [7, 11) is 0. The quantitative estimate of drug-likeness (QED) is 0.877. The average Bonchev–Trinajstić information content (AvgIpc) is 3.19. The van der Waals surface area contributed by atoms with E-state index < -0.39 is 0 Å². The van der Waals surface area contributed by atoms with Gasteiger partial charge in [-0.15, -0.1) is 5.10 Å². The molecular formula is C13H18N6S. The number of nitrogens with one attached hydrogen (secondary N) is 1. The van der Waals surface area contributed by atoms with Gasteiger partial charge < -0.3 is 5.32 Å². The maximum Gasteiger partial charge on any atom is 0.215 e. The molecule has 7 heteroatoms. The van der Waals surface area contributed by atoms with E-state index in [1.165, 1.54) is 18.4 Å². The van der Waals surface area contributed by atoms with Gasteiger partial charge in [0.2, 0.25) is 5.16 Å². The van der Waals surface area contributed by atoms with Crippen LogP contribution in [0.4, 0.5) is 0 Å². The lowest BCUT2D eigenvalue weighted by molar-refractivity contribution is 0.565. The summed E-state index contributed by atoms with van der Waals surface area (Å²) in [5.74, 6) is 0. The Balaban J connectivity index is 1.75. The van der Waals surface area contributed by atoms with Crippen LogP contribution in [-0.4, -0.2) is 31.7 Å². The number of tetrazole rings is 1. The highest BCUT2D eigenvalue weighted by molar-refractivity contribution is 7.99. The highest BCUT2D eigenvalue weighted by Crippen LogP contribution is 2.38. The standard InChI is InChI=1S/C13H18N6S/c1-3-14-7-10-6-9(2)12(15-8-10)20-13-16-17-18-19(13)11-4-5-11/h6,8,11,14H,3-5,7H2,1-2H3. The smallest absolute Gasteiger partial charge is 0.215 e. The van der Waals surface area contributed by atoms with Crippen LogP contribution in [0.3, 0.4) is 0 Å². The molecule has 1 aliphatic carbocycles. The minimum Gasteiger partial charge on any atom is -0.313 e. The summed E-state index contributed by atoms with van der Waals surface area (Å²) >= 11 is 1.54. The minimum absolute atomic E-state index is 0.487. The molecule has 20 heavy (non-hydrogen) atoms. The third-order valence-electron chi connectivity index (χ3n) is 3.21. The Morgan fingerprint density at radius 3 is 3.00 bits per heavy atom. The van der Waals surface area contributed by atoms with Crippen molar-refractivity contribution in [1.82, 2.24) is 30.5 Å². The average molecular weight is 290 g/mol. The van der Waals surface area contributed by atoms with Crippen LogP contribution >= 0.6 is 11.8 Å². The molecule has 0 aliphatic heterocycles. The van der Waals surface area contributed by atoms with Crippen LogP contribution in [-0.2, 0) is 6.54 Å². The maximum atomic E-state index is 4.54. The van der Waals surface area contributed by atoms with E-state index in [2.05, 4.69) is 45.7 Å². The van der Waals surface area contributed by atoms with Crippen molar-refractivity contribution in [3.63, 3.8) is 0 Å². The van der Waals surface area contributed by atoms with Gasteiger partial charge in [-0.05, 0) is 59.6 Å². The molecule has 0 atom stereocenters. The van der Waals surface area contributed by atoms with Gasteiger partial charge in [0.15, 0.2) is 0 Å². The summed E-state index contributed by atoms with van der Waals surface area (Å²) in [5.41, 5.74) is 2.37. The van der Waals surface area contributed by atoms with E-state index in [1.54, 1.807) is 11.8 Å². The Bertz CT molecular complexity index is 592. The number of nitrogens with zero attached hydrogens (tertiary/aromatic N) is 5. The van der Waals surface area contributed by atoms with Crippen LogP contribution < -0.4 is 5.32 Å². The van der Waals surface area contributed by atoms with Crippen LogP contribution in [0.15, 0.2) is 22.4 Å². The summed E-state index contributed by atoms with van der Waals surface area (Å²) in [6, 6.07) is 2.66. The Kier molecular flexibility index (Phi) is 3.98. The van der Waals surface area contributed by atoms with Crippen molar-refractivity contribution in [2.75, 3.05) is 6.54 Å². The molecule has 0 radical (unpaired) electrons. The molecule has 1 aliphatic rings. The predicted molar refractivity (Wildman–Crippen MR) is 76.6 cm³/mol. The first-order chi connectivity index (χ1) is 9.78. The molecule has 1 saturated carbocycles. The minimum atomic E-state index is 0.487. The Hall–Kier alpha value is -1.47. The zero-order chi connectivity index (χ0) is 13.9. The van der Waals surface area contributed by atoms with E-state index in [9.17, 15) is 0 Å². The molecule has 0 amide bonds. The molecule has 1 fully saturated rings. The molecule has 0 bridgehead atoms. The molecule has 2 heterocycles. The molecule has 3 rings (SSSR count). The van der Waals surface area contributed by atoms with Gasteiger partial charge in [0.1, 0.15) is 5.03 Å². The monoisotopic (exact) mass is 290 g/mol. The van der Waals surface area contributed by atoms with Crippen LogP contribution in [0, 0.1) is 6.92 Å². The number of hydrogen-bond acceptors (Lipinski definition) is 6. The van der Waals surface area contributed by atoms with Gasteiger partial charge >= 0.3 is 0 Å². The fourth-order valence-corrected chi connectivity index (χ4v) is 2.84. The molecule has 6 nitrogen and oxygen atoms in total. The van der Waals surface area contributed by atoms with E-state index in [0.29, 0.717) is 6.04 Å². The third kappa shape index (κ3) is 2.99. The summed E-state index contributed by atoms with van der Waals surface area (Å²) in [4.78, 5) is 4.54. The van der Waals surface area contributed by atoms with Crippen molar-refractivity contribution < 1.29 is 0 Å². The van der Waals surface area contributed by atoms with Gasteiger partial charge in [0, 0.05) is 12.7 Å². The summed E-state index contributed by atoms with van der Waals surface area (Å²) < 4.78 is 1.92. The van der Waals surface area contributed by atoms with Crippen molar-refractivity contribution in [1.29, 1.82) is 0 Å². The van der Waals surface area contributed by atoms with E-state index in [1.807, 2.05) is 10.9 Å². The zero-order valence-corrected chi connectivity index (χ0v) is 12.5. The molecule has 0 unspecified atom stereocenters. The second kappa shape index (κ2) is 5.88. The van der Waals surface area contributed by atoms with E-state index >= 15 is 0 Å². The topological polar surface area (TPSA) is 68.5 Å². The summed E-state index contributed by atoms with van der Waals surface area (Å²) in [5, 5.41) is 17.0. The third-order valence-corrected chi connectivity index (χ3v) is 4.28. The number of aryl methyl sites for hydroxylation is 1. The number of rotatable bonds is 6. The summed E-state index contributed by atoms with van der Waals surface area (Å²) in [6.07, 6.45) is 4.27. The van der Waals surface area contributed by atoms with E-state index in [0.717, 1.165) is 28.8 Å². The van der Waals surface area contributed by atoms with Gasteiger partial charge in [0.05, 0.1) is 6.04 Å². The highest BCUT2D eigenvalue weighted by Gasteiger charge is 2.28. The zero-order valence-electron chi connectivity index (χ0n) is 11.7. The number of pyridine rings is 1. The fraction of sp³-hybridized carbons (Fsp3) is 0.538. The highest BCUT2D eigenvalue weighted by atomic mass is 32.2. The fourth-order valence-electron chi connectivity index (χ4n) is 1.98. The van der Waals surface area contributed by atoms with Gasteiger partial charge in [-0.1, -0.05) is 13.0 Å². The van der Waals surface area contributed by atoms with Crippen LogP contribution in [0.5, 0.6) is 0 Å². The van der Waals surface area contributed by atoms with Crippen LogP contribution in [0.25, 0.3) is 0 Å². The molecule has 0 saturated heterocycles. The van der Waals surface area contributed by atoms with Crippen molar-refractivity contribution in [2.45, 2.75) is 49.5 Å². The second-order valence-corrected chi connectivity index (χ2v) is 5.94. The number of aromatic nitrogens is 5. The van der Waals surface area contributed by atoms with Crippen LogP contribution in [0.2, 0.25) is 0 Å². The van der Waals surface area contributed by atoms with Gasteiger partial charge in [0.25, 0.3) is 0 Å². The second-order valence-electron chi connectivity index (χ2n) is 4.99. The molecule has 1 N–H and O–H groups in total. The lowest BCUT2D eigenvalue weighted by Crippen LogP contribution is -2.12. The predicted octanol–water partition coefficient (Wildman–Crippen LogP) is 1.97. The van der Waals surface area contributed by atoms with Gasteiger partial charge in [-0.2, -0.15) is 0 Å². The van der Waals surface area contributed by atoms with E-state index in [-0.39, 0.29) is 0 Å². The normalized spacial score (nSPS) is 14.7. The first-order valence-corrected chi connectivity index (χ1v) is 7.71. The largest absolute Gasteiger partial charge is 0.313 e. The van der Waals surface area contributed by atoms with Crippen molar-refractivity contribution in [3.05, 3.63) is 23.4 Å². The maximum absolute atomic E-state index is 4.54. The Morgan fingerprint density at radius 1 is 1.45 bits per heavy atom. The first kappa shape index (κ1) is 13.5. The lowest BCUT2D eigenvalue weighted by atomic mass is 10.2. The summed E-state index contributed by atoms with van der Waals surface area (Å²) in [6.45, 7) is 6.00. The molecule has 0 spiro atoms. The van der Waals surface area contributed by atoms with E-state index in [4.69, 9.17) is 0 Å². The molecule has 106 valence electrons. The molecule has 0 aromatic carbocycles. The van der Waals surface area contributed by atoms with Crippen molar-refractivity contribution in [3.8, 4) is 0 Å². The Morgan fingerprint density at radius 2 is 2.30 bits per heavy atom. The molecular weight excluding hydrogens is 272 g/mol. The van der Waals surface area contributed by atoms with Crippen molar-refractivity contribution >= 4 is 11.8 Å². The SMILES string of the molecule is CCNCc1cnc(Sc2nnnn2C2CC2)c(C)c1. The molecule has 2 aromatic rings. The first-order valence-electron chi connectivity index (χ1n) is 6.90. The van der Waals surface area contributed by atoms with Gasteiger partial charge in [-0.3, -0.25) is 0 Å². The Labute approximate surface area is 122 Å². The van der Waals surface area contributed by atoms with Crippen LogP contribution in [0.1, 0.15) is 36.9 Å². The van der Waals surface area contributed by atoms with Crippen molar-refractivity contribution in [2.24, 2.45) is 0 Å². The number of hydrogen-bond donors (Lipinski definition) is 1.